The summed E-state index contributed by atoms with van der Waals surface area (Å²) in [5, 5.41) is 5.30. The van der Waals surface area contributed by atoms with Gasteiger partial charge in [-0.15, -0.1) is 0 Å². The highest BCUT2D eigenvalue weighted by atomic mass is 19.4. The van der Waals surface area contributed by atoms with Crippen LogP contribution in [0.4, 0.5) is 24.9 Å². The van der Waals surface area contributed by atoms with E-state index < -0.39 is 11.9 Å². The number of hydrogen-bond donors (Lipinski definition) is 2. The van der Waals surface area contributed by atoms with Crippen molar-refractivity contribution in [1.82, 2.24) is 20.3 Å². The molecule has 2 heterocycles. The van der Waals surface area contributed by atoms with Gasteiger partial charge in [0.1, 0.15) is 5.82 Å². The molecule has 0 bridgehead atoms. The molecule has 0 radical (unpaired) electrons. The molecule has 1 amide bonds. The van der Waals surface area contributed by atoms with Crippen LogP contribution in [0.3, 0.4) is 0 Å². The smallest absolute Gasteiger partial charge is 0.363 e. The molecule has 0 unspecified atom stereocenters. The molecule has 0 atom stereocenters. The van der Waals surface area contributed by atoms with Gasteiger partial charge in [0, 0.05) is 45.6 Å². The Morgan fingerprint density at radius 3 is 2.60 bits per heavy atom. The Kier molecular flexibility index (Phi) is 5.73. The Morgan fingerprint density at radius 2 is 2.00 bits per heavy atom. The number of carbonyl (C=O) groups excluding carboxylic acids is 1. The maximum absolute atomic E-state index is 12.9. The van der Waals surface area contributed by atoms with Crippen LogP contribution in [-0.4, -0.2) is 48.0 Å². The van der Waals surface area contributed by atoms with Gasteiger partial charge >= 0.3 is 6.18 Å². The van der Waals surface area contributed by atoms with Crippen LogP contribution in [0.15, 0.2) is 30.6 Å². The highest BCUT2D eigenvalue weighted by molar-refractivity contribution is 5.93. The zero-order valence-electron chi connectivity index (χ0n) is 13.6. The number of anilines is 2. The molecule has 2 rings (SSSR count). The lowest BCUT2D eigenvalue weighted by Crippen LogP contribution is -2.29. The number of amides is 1. The van der Waals surface area contributed by atoms with Gasteiger partial charge in [-0.2, -0.15) is 18.2 Å². The maximum atomic E-state index is 12.9. The second-order valence-electron chi connectivity index (χ2n) is 5.25. The highest BCUT2D eigenvalue weighted by Crippen LogP contribution is 2.30. The third-order valence-electron chi connectivity index (χ3n) is 3.08. The number of hydrogen-bond acceptors (Lipinski definition) is 6. The summed E-state index contributed by atoms with van der Waals surface area (Å²) in [6.07, 6.45) is -1.60. The van der Waals surface area contributed by atoms with E-state index >= 15 is 0 Å². The Hall–Kier alpha value is -2.91. The summed E-state index contributed by atoms with van der Waals surface area (Å²) in [6.45, 7) is 0.352. The molecule has 0 aliphatic rings. The monoisotopic (exact) mass is 354 g/mol. The average Bonchev–Trinajstić information content (AvgIpc) is 2.58. The molecule has 25 heavy (non-hydrogen) atoms. The Morgan fingerprint density at radius 1 is 1.24 bits per heavy atom. The van der Waals surface area contributed by atoms with Crippen molar-refractivity contribution in [3.05, 3.63) is 41.9 Å². The lowest BCUT2D eigenvalue weighted by Gasteiger charge is -2.16. The van der Waals surface area contributed by atoms with E-state index in [1.54, 1.807) is 32.4 Å². The minimum atomic E-state index is -4.57. The standard InChI is InChI=1S/C15H17F3N6O/c1-24(2)12-8-11(15(16,17)18)22-14(23-12)21-7-6-20-13(25)10-4-3-5-19-9-10/h3-5,8-9H,6-7H2,1-2H3,(H,20,25)(H,21,22,23). The normalized spacial score (nSPS) is 11.1. The number of pyridine rings is 1. The van der Waals surface area contributed by atoms with Crippen LogP contribution in [-0.2, 0) is 6.18 Å². The number of aromatic nitrogens is 3. The second-order valence-corrected chi connectivity index (χ2v) is 5.25. The molecular weight excluding hydrogens is 337 g/mol. The van der Waals surface area contributed by atoms with Crippen LogP contribution < -0.4 is 15.5 Å². The minimum absolute atomic E-state index is 0.129. The Labute approximate surface area is 142 Å². The molecule has 0 aromatic carbocycles. The van der Waals surface area contributed by atoms with Crippen LogP contribution >= 0.6 is 0 Å². The van der Waals surface area contributed by atoms with E-state index in [0.717, 1.165) is 6.07 Å². The summed E-state index contributed by atoms with van der Waals surface area (Å²) in [5.74, 6) is -0.354. The van der Waals surface area contributed by atoms with E-state index in [1.807, 2.05) is 0 Å². The van der Waals surface area contributed by atoms with Crippen molar-refractivity contribution in [2.24, 2.45) is 0 Å². The number of rotatable bonds is 6. The van der Waals surface area contributed by atoms with Crippen molar-refractivity contribution in [3.8, 4) is 0 Å². The zero-order valence-corrected chi connectivity index (χ0v) is 13.6. The van der Waals surface area contributed by atoms with Crippen LogP contribution in [0.25, 0.3) is 0 Å². The summed E-state index contributed by atoms with van der Waals surface area (Å²) in [5.41, 5.74) is -0.638. The van der Waals surface area contributed by atoms with Gasteiger partial charge < -0.3 is 15.5 Å². The van der Waals surface area contributed by atoms with Gasteiger partial charge in [-0.1, -0.05) is 0 Å². The van der Waals surface area contributed by atoms with Gasteiger partial charge in [0.2, 0.25) is 5.95 Å². The second kappa shape index (κ2) is 7.77. The molecule has 0 spiro atoms. The minimum Gasteiger partial charge on any atom is -0.363 e. The first-order valence-corrected chi connectivity index (χ1v) is 7.33. The third-order valence-corrected chi connectivity index (χ3v) is 3.08. The Bertz CT molecular complexity index is 721. The van der Waals surface area contributed by atoms with E-state index in [-0.39, 0.29) is 30.8 Å². The molecule has 2 aromatic rings. The molecular formula is C15H17F3N6O. The van der Waals surface area contributed by atoms with Gasteiger partial charge in [0.25, 0.3) is 5.91 Å². The predicted octanol–water partition coefficient (Wildman–Crippen LogP) is 1.80. The van der Waals surface area contributed by atoms with Gasteiger partial charge in [0.05, 0.1) is 5.56 Å². The molecule has 0 aliphatic heterocycles. The summed E-state index contributed by atoms with van der Waals surface area (Å²) in [7, 11) is 3.17. The summed E-state index contributed by atoms with van der Waals surface area (Å²) >= 11 is 0. The van der Waals surface area contributed by atoms with E-state index in [2.05, 4.69) is 25.6 Å². The van der Waals surface area contributed by atoms with Crippen LogP contribution in [0.2, 0.25) is 0 Å². The van der Waals surface area contributed by atoms with Crippen molar-refractivity contribution in [3.63, 3.8) is 0 Å². The molecule has 10 heteroatoms. The van der Waals surface area contributed by atoms with Gasteiger partial charge in [-0.25, -0.2) is 4.98 Å². The number of nitrogens with one attached hydrogen (secondary N) is 2. The lowest BCUT2D eigenvalue weighted by atomic mass is 10.3. The Balaban J connectivity index is 1.96. The quantitative estimate of drug-likeness (QED) is 0.770. The van der Waals surface area contributed by atoms with Crippen molar-refractivity contribution in [1.29, 1.82) is 0 Å². The first-order chi connectivity index (χ1) is 11.8. The van der Waals surface area contributed by atoms with Gasteiger partial charge in [-0.3, -0.25) is 9.78 Å². The predicted molar refractivity (Wildman–Crippen MR) is 86.4 cm³/mol. The van der Waals surface area contributed by atoms with Crippen molar-refractivity contribution < 1.29 is 18.0 Å². The van der Waals surface area contributed by atoms with Gasteiger partial charge in [0.15, 0.2) is 5.69 Å². The fourth-order valence-corrected chi connectivity index (χ4v) is 1.84. The van der Waals surface area contributed by atoms with Crippen LogP contribution in [0.1, 0.15) is 16.1 Å². The first kappa shape index (κ1) is 18.4. The average molecular weight is 354 g/mol. The highest BCUT2D eigenvalue weighted by Gasteiger charge is 2.33. The molecule has 0 saturated heterocycles. The number of alkyl halides is 3. The summed E-state index contributed by atoms with van der Waals surface area (Å²) in [4.78, 5) is 24.6. The third kappa shape index (κ3) is 5.30. The topological polar surface area (TPSA) is 83.0 Å². The number of nitrogens with zero attached hydrogens (tertiary/aromatic N) is 4. The molecule has 134 valence electrons. The maximum Gasteiger partial charge on any atom is 0.433 e. The van der Waals surface area contributed by atoms with Crippen molar-refractivity contribution >= 4 is 17.7 Å². The van der Waals surface area contributed by atoms with Crippen molar-refractivity contribution in [2.75, 3.05) is 37.4 Å². The first-order valence-electron chi connectivity index (χ1n) is 7.33. The summed E-state index contributed by atoms with van der Waals surface area (Å²) < 4.78 is 38.7. The largest absolute Gasteiger partial charge is 0.433 e. The van der Waals surface area contributed by atoms with E-state index in [4.69, 9.17) is 0 Å². The molecule has 2 N–H and O–H groups in total. The van der Waals surface area contributed by atoms with Crippen LogP contribution in [0.5, 0.6) is 0 Å². The molecule has 0 fully saturated rings. The molecule has 7 nitrogen and oxygen atoms in total. The number of carbonyl (C=O) groups is 1. The molecule has 0 aliphatic carbocycles. The fraction of sp³-hybridized carbons (Fsp3) is 0.333. The van der Waals surface area contributed by atoms with Gasteiger partial charge in [-0.05, 0) is 12.1 Å². The fourth-order valence-electron chi connectivity index (χ4n) is 1.84. The molecule has 2 aromatic heterocycles. The number of halogens is 3. The molecule has 0 saturated carbocycles. The SMILES string of the molecule is CN(C)c1cc(C(F)(F)F)nc(NCCNC(=O)c2cccnc2)n1. The van der Waals surface area contributed by atoms with Crippen molar-refractivity contribution in [2.45, 2.75) is 6.18 Å². The van der Waals surface area contributed by atoms with E-state index in [0.29, 0.717) is 5.56 Å². The van der Waals surface area contributed by atoms with Crippen LogP contribution in [0, 0.1) is 0 Å². The summed E-state index contributed by atoms with van der Waals surface area (Å²) in [6, 6.07) is 4.11. The zero-order chi connectivity index (χ0) is 18.4. The van der Waals surface area contributed by atoms with E-state index in [9.17, 15) is 18.0 Å². The lowest BCUT2D eigenvalue weighted by molar-refractivity contribution is -0.141. The van der Waals surface area contributed by atoms with E-state index in [1.165, 1.54) is 11.1 Å².